The molecule has 0 bridgehead atoms. The number of hydrogen-bond acceptors (Lipinski definition) is 1. The first-order valence-corrected chi connectivity index (χ1v) is 7.84. The summed E-state index contributed by atoms with van der Waals surface area (Å²) in [5.74, 6) is 0. The van der Waals surface area contributed by atoms with Crippen LogP contribution < -0.4 is 0 Å². The van der Waals surface area contributed by atoms with Crippen LogP contribution in [-0.2, 0) is 0 Å². The normalized spacial score (nSPS) is 11.0. The van der Waals surface area contributed by atoms with Crippen LogP contribution in [-0.4, -0.2) is 9.97 Å². The summed E-state index contributed by atoms with van der Waals surface area (Å²) in [5.41, 5.74) is 5.38. The van der Waals surface area contributed by atoms with Gasteiger partial charge in [-0.2, -0.15) is 0 Å². The van der Waals surface area contributed by atoms with Crippen LogP contribution in [0, 0.1) is 13.8 Å². The molecule has 1 heterocycles. The highest BCUT2D eigenvalue weighted by Gasteiger charge is 2.02. The van der Waals surface area contributed by atoms with Gasteiger partial charge >= 0.3 is 0 Å². The van der Waals surface area contributed by atoms with E-state index in [-0.39, 0.29) is 0 Å². The molecule has 3 aromatic carbocycles. The third-order valence-corrected chi connectivity index (χ3v) is 4.24. The molecule has 4 aromatic rings. The lowest BCUT2D eigenvalue weighted by Gasteiger charge is -2.00. The summed E-state index contributed by atoms with van der Waals surface area (Å²) in [6, 6.07) is 23.2. The Morgan fingerprint density at radius 2 is 1.39 bits per heavy atom. The predicted molar refractivity (Wildman–Crippen MR) is 98.2 cm³/mol. The minimum atomic E-state index is 0.972. The second-order valence-electron chi connectivity index (χ2n) is 5.93. The quantitative estimate of drug-likeness (QED) is 0.449. The lowest BCUT2D eigenvalue weighted by molar-refractivity contribution is 1.29. The Hall–Kier alpha value is -2.87. The van der Waals surface area contributed by atoms with Crippen LogP contribution in [0.25, 0.3) is 32.7 Å². The van der Waals surface area contributed by atoms with Gasteiger partial charge in [-0.15, -0.1) is 0 Å². The Kier molecular flexibility index (Phi) is 3.23. The van der Waals surface area contributed by atoms with E-state index in [0.717, 1.165) is 22.2 Å². The SMILES string of the molecule is Cc1ccc2nc(C)c3ccccc3c3ccccc3[nH]c2c1. The van der Waals surface area contributed by atoms with Crippen LogP contribution in [0.4, 0.5) is 0 Å². The number of benzene rings is 3. The molecule has 23 heavy (non-hydrogen) atoms. The van der Waals surface area contributed by atoms with Gasteiger partial charge in [0.05, 0.1) is 11.0 Å². The fourth-order valence-corrected chi connectivity index (χ4v) is 3.09. The van der Waals surface area contributed by atoms with Crippen molar-refractivity contribution in [1.29, 1.82) is 0 Å². The van der Waals surface area contributed by atoms with Crippen LogP contribution in [0.5, 0.6) is 0 Å². The summed E-state index contributed by atoms with van der Waals surface area (Å²) in [6.45, 7) is 4.18. The molecule has 0 radical (unpaired) electrons. The maximum atomic E-state index is 4.88. The second kappa shape index (κ2) is 5.40. The van der Waals surface area contributed by atoms with E-state index in [1.54, 1.807) is 0 Å². The van der Waals surface area contributed by atoms with E-state index in [1.165, 1.54) is 21.7 Å². The highest BCUT2D eigenvalue weighted by Crippen LogP contribution is 2.24. The van der Waals surface area contributed by atoms with Crippen LogP contribution in [0.15, 0.2) is 66.7 Å². The molecule has 0 aliphatic rings. The van der Waals surface area contributed by atoms with E-state index in [2.05, 4.69) is 85.6 Å². The Labute approximate surface area is 135 Å². The summed E-state index contributed by atoms with van der Waals surface area (Å²) in [7, 11) is 0. The second-order valence-corrected chi connectivity index (χ2v) is 5.93. The molecule has 2 heteroatoms. The predicted octanol–water partition coefficient (Wildman–Crippen LogP) is 5.61. The Morgan fingerprint density at radius 1 is 0.696 bits per heavy atom. The molecule has 0 atom stereocenters. The zero-order valence-corrected chi connectivity index (χ0v) is 13.3. The van der Waals surface area contributed by atoms with Crippen molar-refractivity contribution >= 4 is 32.7 Å². The molecule has 0 amide bonds. The molecule has 4 rings (SSSR count). The number of hydrogen-bond donors (Lipinski definition) is 1. The van der Waals surface area contributed by atoms with E-state index >= 15 is 0 Å². The minimum Gasteiger partial charge on any atom is -0.353 e. The first kappa shape index (κ1) is 13.8. The van der Waals surface area contributed by atoms with Crippen molar-refractivity contribution in [3.05, 3.63) is 78.0 Å². The van der Waals surface area contributed by atoms with E-state index in [1.807, 2.05) is 0 Å². The van der Waals surface area contributed by atoms with Crippen molar-refractivity contribution in [2.24, 2.45) is 0 Å². The number of nitrogens with zero attached hydrogens (tertiary/aromatic N) is 1. The zero-order valence-electron chi connectivity index (χ0n) is 13.3. The molecule has 0 saturated heterocycles. The Morgan fingerprint density at radius 3 is 2.22 bits per heavy atom. The van der Waals surface area contributed by atoms with Crippen molar-refractivity contribution in [2.75, 3.05) is 0 Å². The molecule has 0 aliphatic carbocycles. The number of aromatic nitrogens is 2. The van der Waals surface area contributed by atoms with Crippen molar-refractivity contribution in [3.63, 3.8) is 0 Å². The van der Waals surface area contributed by atoms with E-state index in [9.17, 15) is 0 Å². The van der Waals surface area contributed by atoms with Gasteiger partial charge in [-0.1, -0.05) is 48.5 Å². The summed E-state index contributed by atoms with van der Waals surface area (Å²) >= 11 is 0. The number of nitrogens with one attached hydrogen (secondary N) is 1. The largest absolute Gasteiger partial charge is 0.353 e. The van der Waals surface area contributed by atoms with Gasteiger partial charge in [-0.05, 0) is 43.0 Å². The van der Waals surface area contributed by atoms with Gasteiger partial charge in [-0.3, -0.25) is 4.98 Å². The molecule has 0 unspecified atom stereocenters. The van der Waals surface area contributed by atoms with Gasteiger partial charge in [0, 0.05) is 22.0 Å². The zero-order chi connectivity index (χ0) is 15.8. The number of para-hydroxylation sites is 1. The minimum absolute atomic E-state index is 0.972. The fourth-order valence-electron chi connectivity index (χ4n) is 3.09. The van der Waals surface area contributed by atoms with Crippen LogP contribution in [0.2, 0.25) is 0 Å². The van der Waals surface area contributed by atoms with Crippen LogP contribution in [0.3, 0.4) is 0 Å². The molecule has 112 valence electrons. The number of fused-ring (bicyclic) bond motifs is 4. The van der Waals surface area contributed by atoms with Gasteiger partial charge in [0.1, 0.15) is 0 Å². The molecular weight excluding hydrogens is 280 g/mol. The molecule has 0 spiro atoms. The Balaban J connectivity index is 2.38. The molecule has 1 aromatic heterocycles. The van der Waals surface area contributed by atoms with E-state index < -0.39 is 0 Å². The molecule has 0 saturated carbocycles. The van der Waals surface area contributed by atoms with Crippen LogP contribution in [0.1, 0.15) is 11.3 Å². The van der Waals surface area contributed by atoms with Gasteiger partial charge in [-0.25, -0.2) is 0 Å². The Bertz CT molecular complexity index is 1090. The highest BCUT2D eigenvalue weighted by molar-refractivity contribution is 6.05. The third-order valence-electron chi connectivity index (χ3n) is 4.24. The highest BCUT2D eigenvalue weighted by atomic mass is 14.7. The fraction of sp³-hybridized carbons (Fsp3) is 0.0952. The number of aryl methyl sites for hydroxylation is 2. The third kappa shape index (κ3) is 2.42. The van der Waals surface area contributed by atoms with E-state index in [4.69, 9.17) is 4.98 Å². The van der Waals surface area contributed by atoms with E-state index in [0.29, 0.717) is 0 Å². The maximum Gasteiger partial charge on any atom is 0.0868 e. The molecule has 2 nitrogen and oxygen atoms in total. The summed E-state index contributed by atoms with van der Waals surface area (Å²) < 4.78 is 0. The average molecular weight is 298 g/mol. The molecule has 0 fully saturated rings. The molecular formula is C21H18N2. The molecule has 1 N–H and O–H groups in total. The standard InChI is InChI=1S/C21H18N2/c1-14-11-12-20-21(13-14)23-19-10-6-5-9-18(19)17-8-4-3-7-16(17)15(2)22-20/h3-13,23H,1-2H3. The van der Waals surface area contributed by atoms with Crippen molar-refractivity contribution < 1.29 is 0 Å². The topological polar surface area (TPSA) is 28.7 Å². The average Bonchev–Trinajstić information content (AvgIpc) is 2.62. The van der Waals surface area contributed by atoms with Gasteiger partial charge < -0.3 is 4.98 Å². The number of aromatic amines is 1. The van der Waals surface area contributed by atoms with Gasteiger partial charge in [0.15, 0.2) is 0 Å². The smallest absolute Gasteiger partial charge is 0.0868 e. The summed E-state index contributed by atoms with van der Waals surface area (Å²) in [4.78, 5) is 8.46. The number of rotatable bonds is 0. The molecule has 0 aliphatic heterocycles. The first-order chi connectivity index (χ1) is 11.2. The number of H-pyrrole nitrogens is 1. The van der Waals surface area contributed by atoms with Crippen molar-refractivity contribution in [1.82, 2.24) is 9.97 Å². The maximum absolute atomic E-state index is 4.88. The monoisotopic (exact) mass is 298 g/mol. The lowest BCUT2D eigenvalue weighted by atomic mass is 10.1. The van der Waals surface area contributed by atoms with Gasteiger partial charge in [0.25, 0.3) is 0 Å². The van der Waals surface area contributed by atoms with Crippen LogP contribution >= 0.6 is 0 Å². The van der Waals surface area contributed by atoms with Crippen molar-refractivity contribution in [3.8, 4) is 0 Å². The lowest BCUT2D eigenvalue weighted by Crippen LogP contribution is -1.82. The van der Waals surface area contributed by atoms with Gasteiger partial charge in [0.2, 0.25) is 0 Å². The van der Waals surface area contributed by atoms with Crippen molar-refractivity contribution in [2.45, 2.75) is 13.8 Å². The summed E-state index contributed by atoms with van der Waals surface area (Å²) in [5, 5.41) is 3.59. The summed E-state index contributed by atoms with van der Waals surface area (Å²) in [6.07, 6.45) is 0. The first-order valence-electron chi connectivity index (χ1n) is 7.84.